The molecular formula is C51H31NO7S. The SMILES string of the molecule is COC(=O)C1(C(=O)OC)c2ccc(OC)cc2N(S(=O)(=O)c2ccc(C)cc2)C2c3cc4c5c6c(cc7ccc8cc9c%10c%11c(cc(c%12c3c5c(c%12%11)c3c6c7c8c%103)C21)C9)C4. The Labute approximate surface area is 341 Å². The molecule has 60 heavy (non-hydrogen) atoms. The van der Waals surface area contributed by atoms with Gasteiger partial charge in [0.15, 0.2) is 0 Å². The van der Waals surface area contributed by atoms with Crippen molar-refractivity contribution in [3.8, 4) is 5.75 Å². The second-order valence-electron chi connectivity index (χ2n) is 17.6. The summed E-state index contributed by atoms with van der Waals surface area (Å²) in [5, 5.41) is 19.6. The average molecular weight is 802 g/mol. The molecular weight excluding hydrogens is 771 g/mol. The third-order valence-electron chi connectivity index (χ3n) is 15.4. The van der Waals surface area contributed by atoms with Crippen LogP contribution in [-0.4, -0.2) is 41.7 Å². The smallest absolute Gasteiger partial charge is 0.328 e. The lowest BCUT2D eigenvalue weighted by molar-refractivity contribution is -0.164. The molecule has 0 N–H and O–H groups in total. The Kier molecular flexibility index (Phi) is 5.18. The topological polar surface area (TPSA) is 99.2 Å². The molecule has 8 nitrogen and oxygen atoms in total. The molecule has 3 aliphatic carbocycles. The van der Waals surface area contributed by atoms with Crippen molar-refractivity contribution in [2.24, 2.45) is 0 Å². The van der Waals surface area contributed by atoms with Crippen LogP contribution in [0.25, 0.3) is 86.2 Å². The van der Waals surface area contributed by atoms with Gasteiger partial charge in [-0.05, 0) is 158 Å². The molecule has 15 rings (SSSR count). The Morgan fingerprint density at radius 1 is 0.583 bits per heavy atom. The van der Waals surface area contributed by atoms with Crippen molar-refractivity contribution in [2.75, 3.05) is 25.6 Å². The number of hydrogen-bond donors (Lipinski definition) is 0. The van der Waals surface area contributed by atoms with Gasteiger partial charge < -0.3 is 14.2 Å². The van der Waals surface area contributed by atoms with Crippen LogP contribution in [0.4, 0.5) is 5.69 Å². The highest BCUT2D eigenvalue weighted by Crippen LogP contribution is 2.69. The van der Waals surface area contributed by atoms with Crippen molar-refractivity contribution in [3.63, 3.8) is 0 Å². The summed E-state index contributed by atoms with van der Waals surface area (Å²) in [5.41, 5.74) is 5.43. The molecule has 0 saturated carbocycles. The molecule has 0 aromatic heterocycles. The summed E-state index contributed by atoms with van der Waals surface area (Å²) < 4.78 is 50.3. The van der Waals surface area contributed by atoms with E-state index < -0.39 is 39.3 Å². The molecule has 1 aliphatic heterocycles. The van der Waals surface area contributed by atoms with Crippen molar-refractivity contribution in [3.05, 3.63) is 123 Å². The van der Waals surface area contributed by atoms with E-state index in [0.717, 1.165) is 49.4 Å². The van der Waals surface area contributed by atoms with Crippen LogP contribution >= 0.6 is 0 Å². The number of carbonyl (C=O) groups is 2. The second kappa shape index (κ2) is 9.67. The summed E-state index contributed by atoms with van der Waals surface area (Å²) in [6, 6.07) is 24.4. The second-order valence-corrected chi connectivity index (χ2v) is 19.5. The standard InChI is InChI=1S/C51H31NO7S/c1-20-5-10-28(11-6-20)60(55,56)52-32-19-27(57-2)9-12-31(32)51(49(53)58-3,50(54)59-4)47-29-17-25-15-23-13-21-7-8-22-14-24-16-26-18-30(48(47)52)40-39(29)43-37(25)35(23)41-33(21)34(22)42-36(24)38(26)44(40)46(43)45(41)42/h5-14,17-19,47-48H,15-16H2,1-4H3. The minimum absolute atomic E-state index is 0.0976. The van der Waals surface area contributed by atoms with Gasteiger partial charge in [0.05, 0.1) is 38.0 Å². The first-order valence-corrected chi connectivity index (χ1v) is 21.8. The molecule has 4 aliphatic rings. The fraction of sp³-hybridized carbons (Fsp3) is 0.176. The number of aryl methyl sites for hydroxylation is 1. The van der Waals surface area contributed by atoms with E-state index >= 15 is 18.0 Å². The first kappa shape index (κ1) is 32.2. The van der Waals surface area contributed by atoms with Crippen LogP contribution < -0.4 is 9.04 Å². The van der Waals surface area contributed by atoms with Gasteiger partial charge in [0.2, 0.25) is 5.41 Å². The molecule has 0 saturated heterocycles. The van der Waals surface area contributed by atoms with Crippen LogP contribution in [0.2, 0.25) is 0 Å². The normalized spacial score (nSPS) is 18.6. The molecule has 0 bridgehead atoms. The van der Waals surface area contributed by atoms with E-state index in [1.807, 2.05) is 6.92 Å². The molecule has 288 valence electrons. The van der Waals surface area contributed by atoms with E-state index in [-0.39, 0.29) is 16.1 Å². The summed E-state index contributed by atoms with van der Waals surface area (Å²) in [6.07, 6.45) is 1.34. The Bertz CT molecular complexity index is 3930. The van der Waals surface area contributed by atoms with Gasteiger partial charge in [0.25, 0.3) is 10.0 Å². The van der Waals surface area contributed by atoms with E-state index in [1.165, 1.54) is 101 Å². The fourth-order valence-electron chi connectivity index (χ4n) is 13.4. The van der Waals surface area contributed by atoms with Crippen LogP contribution in [0.15, 0.2) is 83.8 Å². The number of sulfonamides is 1. The molecule has 11 aromatic rings. The molecule has 2 atom stereocenters. The molecule has 0 spiro atoms. The van der Waals surface area contributed by atoms with E-state index in [2.05, 4.69) is 36.4 Å². The number of rotatable bonds is 5. The number of nitrogens with zero attached hydrogens (tertiary/aromatic N) is 1. The van der Waals surface area contributed by atoms with Gasteiger partial charge in [-0.25, -0.2) is 8.42 Å². The number of carbonyl (C=O) groups excluding carboxylic acids is 2. The minimum Gasteiger partial charge on any atom is -0.497 e. The van der Waals surface area contributed by atoms with Gasteiger partial charge in [-0.3, -0.25) is 13.9 Å². The minimum atomic E-state index is -4.41. The maximum absolute atomic E-state index is 15.8. The van der Waals surface area contributed by atoms with Gasteiger partial charge >= 0.3 is 11.9 Å². The number of hydrogen-bond acceptors (Lipinski definition) is 7. The van der Waals surface area contributed by atoms with Crippen LogP contribution in [0.5, 0.6) is 5.75 Å². The summed E-state index contributed by atoms with van der Waals surface area (Å²) in [5.74, 6) is -2.34. The molecule has 0 amide bonds. The fourth-order valence-corrected chi connectivity index (χ4v) is 15.1. The maximum atomic E-state index is 15.8. The van der Waals surface area contributed by atoms with Crippen molar-refractivity contribution < 1.29 is 32.2 Å². The number of methoxy groups -OCH3 is 3. The van der Waals surface area contributed by atoms with Crippen LogP contribution in [0.3, 0.4) is 0 Å². The third-order valence-corrected chi connectivity index (χ3v) is 17.2. The summed E-state index contributed by atoms with van der Waals surface area (Å²) >= 11 is 0. The van der Waals surface area contributed by atoms with Crippen molar-refractivity contribution in [2.45, 2.75) is 42.0 Å². The number of esters is 2. The number of benzene rings is 9. The van der Waals surface area contributed by atoms with Crippen LogP contribution in [0, 0.1) is 6.92 Å². The van der Waals surface area contributed by atoms with Gasteiger partial charge in [-0.15, -0.1) is 0 Å². The first-order chi connectivity index (χ1) is 29.1. The van der Waals surface area contributed by atoms with Crippen LogP contribution in [0.1, 0.15) is 56.5 Å². The zero-order chi connectivity index (χ0) is 40.2. The third kappa shape index (κ3) is 3.02. The summed E-state index contributed by atoms with van der Waals surface area (Å²) in [4.78, 5) is 30.4. The van der Waals surface area contributed by atoms with E-state index in [0.29, 0.717) is 18.6 Å². The van der Waals surface area contributed by atoms with E-state index in [1.54, 1.807) is 42.5 Å². The summed E-state index contributed by atoms with van der Waals surface area (Å²) in [7, 11) is -0.329. The largest absolute Gasteiger partial charge is 0.497 e. The monoisotopic (exact) mass is 801 g/mol. The zero-order valence-electron chi connectivity index (χ0n) is 32.8. The molecule has 0 radical (unpaired) electrons. The summed E-state index contributed by atoms with van der Waals surface area (Å²) in [6.45, 7) is 1.92. The Hall–Kier alpha value is -6.71. The molecule has 11 aromatic carbocycles. The first-order valence-electron chi connectivity index (χ1n) is 20.3. The quantitative estimate of drug-likeness (QED) is 0.0971. The van der Waals surface area contributed by atoms with Crippen molar-refractivity contribution in [1.82, 2.24) is 0 Å². The number of ether oxygens (including phenoxy) is 3. The highest BCUT2D eigenvalue weighted by molar-refractivity contribution is 7.92. The van der Waals surface area contributed by atoms with Crippen molar-refractivity contribution in [1.29, 1.82) is 0 Å². The van der Waals surface area contributed by atoms with Crippen LogP contribution in [-0.2, 0) is 47.3 Å². The highest BCUT2D eigenvalue weighted by Gasteiger charge is 2.67. The Balaban J connectivity index is 1.22. The van der Waals surface area contributed by atoms with Gasteiger partial charge in [-0.1, -0.05) is 60.2 Å². The van der Waals surface area contributed by atoms with Gasteiger partial charge in [0.1, 0.15) is 5.75 Å². The molecule has 9 heteroatoms. The molecule has 2 unspecified atom stereocenters. The Morgan fingerprint density at radius 2 is 1.08 bits per heavy atom. The van der Waals surface area contributed by atoms with Gasteiger partial charge in [-0.2, -0.15) is 0 Å². The number of fused-ring (bicyclic) bond motifs is 4. The number of anilines is 1. The highest BCUT2D eigenvalue weighted by atomic mass is 32.2. The van der Waals surface area contributed by atoms with Crippen molar-refractivity contribution >= 4 is 114 Å². The predicted molar refractivity (Wildman–Crippen MR) is 233 cm³/mol. The maximum Gasteiger partial charge on any atom is 0.328 e. The van der Waals surface area contributed by atoms with E-state index in [9.17, 15) is 0 Å². The van der Waals surface area contributed by atoms with Gasteiger partial charge in [0, 0.05) is 17.5 Å². The lowest BCUT2D eigenvalue weighted by Gasteiger charge is -2.52. The lowest BCUT2D eigenvalue weighted by atomic mass is 9.58. The van der Waals surface area contributed by atoms with E-state index in [4.69, 9.17) is 14.2 Å². The average Bonchev–Trinajstić information content (AvgIpc) is 4.01. The predicted octanol–water partition coefficient (Wildman–Crippen LogP) is 9.86. The molecule has 1 heterocycles. The Morgan fingerprint density at radius 3 is 1.63 bits per heavy atom. The zero-order valence-corrected chi connectivity index (χ0v) is 33.6. The molecule has 0 fully saturated rings. The lowest BCUT2D eigenvalue weighted by Crippen LogP contribution is -2.59.